The number of aryl methyl sites for hydroxylation is 1. The third kappa shape index (κ3) is 3.14. The van der Waals surface area contributed by atoms with Crippen molar-refractivity contribution in [3.63, 3.8) is 0 Å². The van der Waals surface area contributed by atoms with Crippen LogP contribution in [0.1, 0.15) is 54.6 Å². The molecule has 0 amide bonds. The second-order valence-corrected chi connectivity index (χ2v) is 6.30. The highest BCUT2D eigenvalue weighted by Crippen LogP contribution is 2.30. The first-order valence-corrected chi connectivity index (χ1v) is 8.00. The number of hydrogen-bond donors (Lipinski definition) is 1. The second kappa shape index (κ2) is 6.20. The molecule has 0 aliphatic heterocycles. The second-order valence-electron chi connectivity index (χ2n) is 5.92. The van der Waals surface area contributed by atoms with Crippen molar-refractivity contribution >= 4 is 11.6 Å². The summed E-state index contributed by atoms with van der Waals surface area (Å²) in [4.78, 5) is 0. The van der Waals surface area contributed by atoms with Gasteiger partial charge in [-0.2, -0.15) is 5.10 Å². The minimum atomic E-state index is -0.607. The molecule has 0 spiro atoms. The molecule has 1 atom stereocenters. The molecule has 1 N–H and O–H groups in total. The molecule has 0 radical (unpaired) electrons. The topological polar surface area (TPSA) is 38.0 Å². The predicted octanol–water partition coefficient (Wildman–Crippen LogP) is 4.24. The Morgan fingerprint density at radius 2 is 2.10 bits per heavy atom. The Morgan fingerprint density at radius 3 is 2.86 bits per heavy atom. The number of nitrogens with zero attached hydrogens (tertiary/aromatic N) is 2. The summed E-state index contributed by atoms with van der Waals surface area (Å²) in [6.45, 7) is 1.95. The van der Waals surface area contributed by atoms with Crippen molar-refractivity contribution in [3.8, 4) is 0 Å². The van der Waals surface area contributed by atoms with Crippen LogP contribution < -0.4 is 0 Å². The molecule has 1 aliphatic carbocycles. The Labute approximate surface area is 130 Å². The standard InChI is InChI=1S/C17H21ClN2O/c1-12-5-4-8-15(17(12)18)16(21)11-13-9-10-20(19-13)14-6-2-3-7-14/h4-5,8-10,14,16,21H,2-3,6-7,11H2,1H3. The maximum Gasteiger partial charge on any atom is 0.0860 e. The Bertz CT molecular complexity index is 617. The quantitative estimate of drug-likeness (QED) is 0.917. The van der Waals surface area contributed by atoms with Crippen LogP contribution >= 0.6 is 11.6 Å². The Morgan fingerprint density at radius 1 is 1.33 bits per heavy atom. The van der Waals surface area contributed by atoms with Gasteiger partial charge in [0, 0.05) is 17.6 Å². The largest absolute Gasteiger partial charge is 0.388 e. The average Bonchev–Trinajstić information content (AvgIpc) is 3.12. The van der Waals surface area contributed by atoms with Gasteiger partial charge in [-0.1, -0.05) is 42.6 Å². The Kier molecular flexibility index (Phi) is 4.32. The van der Waals surface area contributed by atoms with E-state index in [4.69, 9.17) is 11.6 Å². The van der Waals surface area contributed by atoms with E-state index in [1.807, 2.05) is 37.4 Å². The van der Waals surface area contributed by atoms with Gasteiger partial charge < -0.3 is 5.11 Å². The third-order valence-electron chi connectivity index (χ3n) is 4.35. The SMILES string of the molecule is Cc1cccc(C(O)Cc2ccn(C3CCCC3)n2)c1Cl. The van der Waals surface area contributed by atoms with Gasteiger partial charge in [-0.3, -0.25) is 4.68 Å². The molecule has 2 aromatic rings. The smallest absolute Gasteiger partial charge is 0.0860 e. The van der Waals surface area contributed by atoms with Gasteiger partial charge in [0.2, 0.25) is 0 Å². The molecular weight excluding hydrogens is 284 g/mol. The van der Waals surface area contributed by atoms with E-state index < -0.39 is 6.10 Å². The van der Waals surface area contributed by atoms with E-state index >= 15 is 0 Å². The van der Waals surface area contributed by atoms with Crippen molar-refractivity contribution < 1.29 is 5.11 Å². The highest BCUT2D eigenvalue weighted by Gasteiger charge is 2.19. The molecule has 21 heavy (non-hydrogen) atoms. The van der Waals surface area contributed by atoms with Crippen molar-refractivity contribution in [2.75, 3.05) is 0 Å². The van der Waals surface area contributed by atoms with Gasteiger partial charge in [0.1, 0.15) is 0 Å². The van der Waals surface area contributed by atoms with E-state index in [0.29, 0.717) is 17.5 Å². The third-order valence-corrected chi connectivity index (χ3v) is 4.86. The zero-order chi connectivity index (χ0) is 14.8. The molecule has 4 heteroatoms. The van der Waals surface area contributed by atoms with Gasteiger partial charge in [-0.25, -0.2) is 0 Å². The van der Waals surface area contributed by atoms with E-state index in [-0.39, 0.29) is 0 Å². The summed E-state index contributed by atoms with van der Waals surface area (Å²) < 4.78 is 2.06. The van der Waals surface area contributed by atoms with Gasteiger partial charge in [0.05, 0.1) is 17.8 Å². The van der Waals surface area contributed by atoms with Crippen molar-refractivity contribution in [2.45, 2.75) is 51.2 Å². The Balaban J connectivity index is 1.72. The minimum absolute atomic E-state index is 0.503. The monoisotopic (exact) mass is 304 g/mol. The molecule has 0 saturated heterocycles. The molecule has 1 saturated carbocycles. The maximum atomic E-state index is 10.4. The van der Waals surface area contributed by atoms with Gasteiger partial charge in [-0.05, 0) is 37.0 Å². The van der Waals surface area contributed by atoms with E-state index in [9.17, 15) is 5.11 Å². The number of rotatable bonds is 4. The fourth-order valence-electron chi connectivity index (χ4n) is 3.09. The van der Waals surface area contributed by atoms with Crippen LogP contribution in [0.4, 0.5) is 0 Å². The van der Waals surface area contributed by atoms with E-state index in [2.05, 4.69) is 9.78 Å². The van der Waals surface area contributed by atoms with E-state index in [1.54, 1.807) is 0 Å². The zero-order valence-electron chi connectivity index (χ0n) is 12.3. The van der Waals surface area contributed by atoms with Crippen LogP contribution in [0.3, 0.4) is 0 Å². The maximum absolute atomic E-state index is 10.4. The zero-order valence-corrected chi connectivity index (χ0v) is 13.1. The number of aliphatic hydroxyl groups excluding tert-OH is 1. The van der Waals surface area contributed by atoms with E-state index in [1.165, 1.54) is 25.7 Å². The lowest BCUT2D eigenvalue weighted by molar-refractivity contribution is 0.177. The first-order valence-electron chi connectivity index (χ1n) is 7.62. The van der Waals surface area contributed by atoms with Crippen molar-refractivity contribution in [1.82, 2.24) is 9.78 Å². The summed E-state index contributed by atoms with van der Waals surface area (Å²) in [6.07, 6.45) is 6.95. The number of halogens is 1. The molecule has 3 nitrogen and oxygen atoms in total. The molecule has 112 valence electrons. The summed E-state index contributed by atoms with van der Waals surface area (Å²) >= 11 is 6.28. The fraction of sp³-hybridized carbons (Fsp3) is 0.471. The van der Waals surface area contributed by atoms with Gasteiger partial charge in [-0.15, -0.1) is 0 Å². The van der Waals surface area contributed by atoms with Crippen molar-refractivity contribution in [1.29, 1.82) is 0 Å². The van der Waals surface area contributed by atoms with Gasteiger partial charge in [0.15, 0.2) is 0 Å². The normalized spacial score (nSPS) is 17.3. The average molecular weight is 305 g/mol. The lowest BCUT2D eigenvalue weighted by Gasteiger charge is -2.13. The summed E-state index contributed by atoms with van der Waals surface area (Å²) in [6, 6.07) is 8.31. The molecule has 1 aliphatic rings. The van der Waals surface area contributed by atoms with Crippen LogP contribution in [-0.2, 0) is 6.42 Å². The molecule has 0 bridgehead atoms. The highest BCUT2D eigenvalue weighted by molar-refractivity contribution is 6.32. The Hall–Kier alpha value is -1.32. The van der Waals surface area contributed by atoms with Gasteiger partial charge >= 0.3 is 0 Å². The van der Waals surface area contributed by atoms with Crippen molar-refractivity contribution in [2.24, 2.45) is 0 Å². The summed E-state index contributed by atoms with van der Waals surface area (Å²) in [5.74, 6) is 0. The van der Waals surface area contributed by atoms with Crippen LogP contribution in [0.2, 0.25) is 5.02 Å². The summed E-state index contributed by atoms with van der Waals surface area (Å²) in [5.41, 5.74) is 2.70. The molecule has 1 fully saturated rings. The molecule has 3 rings (SSSR count). The molecule has 1 unspecified atom stereocenters. The lowest BCUT2D eigenvalue weighted by atomic mass is 10.0. The molecule has 1 aromatic heterocycles. The summed E-state index contributed by atoms with van der Waals surface area (Å²) in [7, 11) is 0. The molecular formula is C17H21ClN2O. The minimum Gasteiger partial charge on any atom is -0.388 e. The van der Waals surface area contributed by atoms with Crippen LogP contribution in [0, 0.1) is 6.92 Å². The first-order chi connectivity index (χ1) is 10.1. The van der Waals surface area contributed by atoms with Crippen LogP contribution in [-0.4, -0.2) is 14.9 Å². The number of hydrogen-bond acceptors (Lipinski definition) is 2. The fourth-order valence-corrected chi connectivity index (χ4v) is 3.35. The lowest BCUT2D eigenvalue weighted by Crippen LogP contribution is -2.08. The highest BCUT2D eigenvalue weighted by atomic mass is 35.5. The molecule has 1 heterocycles. The van der Waals surface area contributed by atoms with Crippen LogP contribution in [0.15, 0.2) is 30.5 Å². The number of aliphatic hydroxyl groups is 1. The van der Waals surface area contributed by atoms with Crippen molar-refractivity contribution in [3.05, 3.63) is 52.3 Å². The summed E-state index contributed by atoms with van der Waals surface area (Å²) in [5, 5.41) is 15.7. The number of aromatic nitrogens is 2. The number of benzene rings is 1. The first kappa shape index (κ1) is 14.6. The van der Waals surface area contributed by atoms with Crippen LogP contribution in [0.25, 0.3) is 0 Å². The van der Waals surface area contributed by atoms with E-state index in [0.717, 1.165) is 16.8 Å². The van der Waals surface area contributed by atoms with Gasteiger partial charge in [0.25, 0.3) is 0 Å². The predicted molar refractivity (Wildman–Crippen MR) is 84.6 cm³/mol. The van der Waals surface area contributed by atoms with Crippen LogP contribution in [0.5, 0.6) is 0 Å². The molecule has 1 aromatic carbocycles.